The predicted molar refractivity (Wildman–Crippen MR) is 73.5 cm³/mol. The number of benzene rings is 1. The Hall–Kier alpha value is -0.670. The molecule has 0 saturated carbocycles. The highest BCUT2D eigenvalue weighted by Crippen LogP contribution is 2.25. The molecular weight excluding hydrogens is 278 g/mol. The van der Waals surface area contributed by atoms with Crippen molar-refractivity contribution < 1.29 is 4.79 Å². The molecule has 3 heteroatoms. The first-order valence-corrected chi connectivity index (χ1v) is 6.90. The van der Waals surface area contributed by atoms with Gasteiger partial charge in [0.15, 0.2) is 5.78 Å². The molecule has 17 heavy (non-hydrogen) atoms. The molecule has 0 bridgehead atoms. The summed E-state index contributed by atoms with van der Waals surface area (Å²) in [6.45, 7) is 5.99. The molecular formula is C14H18BrNO. The topological polar surface area (TPSA) is 29.1 Å². The zero-order valence-electron chi connectivity index (χ0n) is 10.3. The quantitative estimate of drug-likeness (QED) is 0.849. The fraction of sp³-hybridized carbons (Fsp3) is 0.500. The van der Waals surface area contributed by atoms with Crippen LogP contribution in [0.25, 0.3) is 0 Å². The third kappa shape index (κ3) is 2.78. The number of nitrogens with one attached hydrogen (secondary N) is 1. The number of carbonyl (C=O) groups is 1. The lowest BCUT2D eigenvalue weighted by Crippen LogP contribution is -2.32. The normalized spacial score (nSPS) is 17.1. The number of Topliss-reactive ketones (excluding diaryl/α,β-unsaturated/α-hetero) is 1. The molecule has 0 aliphatic carbocycles. The standard InChI is InChI=1S/C14H18BrNO/c1-9-7-10(2)13(15)8-12(9)14(17)11-3-5-16-6-4-11/h7-8,11,16H,3-6H2,1-2H3. The minimum Gasteiger partial charge on any atom is -0.317 e. The number of carbonyl (C=O) groups excluding carboxylic acids is 1. The van der Waals surface area contributed by atoms with E-state index in [1.165, 1.54) is 5.56 Å². The lowest BCUT2D eigenvalue weighted by Gasteiger charge is -2.22. The zero-order chi connectivity index (χ0) is 12.4. The van der Waals surface area contributed by atoms with E-state index in [2.05, 4.69) is 34.2 Å². The lowest BCUT2D eigenvalue weighted by molar-refractivity contribution is 0.0894. The maximum atomic E-state index is 12.4. The van der Waals surface area contributed by atoms with Crippen molar-refractivity contribution in [1.82, 2.24) is 5.32 Å². The Morgan fingerprint density at radius 3 is 2.53 bits per heavy atom. The van der Waals surface area contributed by atoms with Crippen molar-refractivity contribution in [2.45, 2.75) is 26.7 Å². The van der Waals surface area contributed by atoms with Crippen LogP contribution in [0.3, 0.4) is 0 Å². The predicted octanol–water partition coefficient (Wildman–Crippen LogP) is 3.25. The first-order valence-electron chi connectivity index (χ1n) is 6.11. The molecule has 0 atom stereocenters. The summed E-state index contributed by atoms with van der Waals surface area (Å²) in [5.41, 5.74) is 3.16. The summed E-state index contributed by atoms with van der Waals surface area (Å²) in [5, 5.41) is 3.29. The Morgan fingerprint density at radius 1 is 1.24 bits per heavy atom. The van der Waals surface area contributed by atoms with Crippen molar-refractivity contribution in [3.05, 3.63) is 33.3 Å². The largest absolute Gasteiger partial charge is 0.317 e. The van der Waals surface area contributed by atoms with Crippen molar-refractivity contribution in [1.29, 1.82) is 0 Å². The van der Waals surface area contributed by atoms with E-state index in [-0.39, 0.29) is 5.92 Å². The fourth-order valence-corrected chi connectivity index (χ4v) is 2.74. The molecule has 1 fully saturated rings. The molecule has 2 rings (SSSR count). The highest BCUT2D eigenvalue weighted by atomic mass is 79.9. The van der Waals surface area contributed by atoms with Gasteiger partial charge in [-0.05, 0) is 57.0 Å². The van der Waals surface area contributed by atoms with Crippen LogP contribution in [-0.4, -0.2) is 18.9 Å². The molecule has 1 saturated heterocycles. The van der Waals surface area contributed by atoms with Gasteiger partial charge in [-0.2, -0.15) is 0 Å². The molecule has 1 aromatic rings. The van der Waals surface area contributed by atoms with Crippen LogP contribution in [0.2, 0.25) is 0 Å². The highest BCUT2D eigenvalue weighted by Gasteiger charge is 2.23. The van der Waals surface area contributed by atoms with Gasteiger partial charge in [0.25, 0.3) is 0 Å². The maximum absolute atomic E-state index is 12.4. The van der Waals surface area contributed by atoms with E-state index in [0.717, 1.165) is 41.5 Å². The molecule has 0 radical (unpaired) electrons. The van der Waals surface area contributed by atoms with E-state index in [9.17, 15) is 4.79 Å². The van der Waals surface area contributed by atoms with Crippen molar-refractivity contribution in [3.8, 4) is 0 Å². The summed E-state index contributed by atoms with van der Waals surface area (Å²) in [5.74, 6) is 0.509. The van der Waals surface area contributed by atoms with Gasteiger partial charge in [-0.15, -0.1) is 0 Å². The Morgan fingerprint density at radius 2 is 1.88 bits per heavy atom. The number of ketones is 1. The molecule has 0 spiro atoms. The van der Waals surface area contributed by atoms with Crippen molar-refractivity contribution in [3.63, 3.8) is 0 Å². The van der Waals surface area contributed by atoms with Crippen molar-refractivity contribution in [2.24, 2.45) is 5.92 Å². The van der Waals surface area contributed by atoms with Gasteiger partial charge in [-0.1, -0.05) is 22.0 Å². The average molecular weight is 296 g/mol. The average Bonchev–Trinajstić information content (AvgIpc) is 2.34. The number of hydrogen-bond donors (Lipinski definition) is 1. The van der Waals surface area contributed by atoms with Crippen LogP contribution in [0, 0.1) is 19.8 Å². The van der Waals surface area contributed by atoms with Gasteiger partial charge in [0.1, 0.15) is 0 Å². The number of hydrogen-bond acceptors (Lipinski definition) is 2. The van der Waals surface area contributed by atoms with E-state index < -0.39 is 0 Å². The molecule has 1 aliphatic heterocycles. The zero-order valence-corrected chi connectivity index (χ0v) is 11.9. The SMILES string of the molecule is Cc1cc(C)c(C(=O)C2CCNCC2)cc1Br. The number of rotatable bonds is 2. The Balaban J connectivity index is 2.26. The molecule has 0 unspecified atom stereocenters. The van der Waals surface area contributed by atoms with Crippen LogP contribution in [0.15, 0.2) is 16.6 Å². The van der Waals surface area contributed by atoms with E-state index in [1.54, 1.807) is 0 Å². The molecule has 1 heterocycles. The number of piperidine rings is 1. The van der Waals surface area contributed by atoms with E-state index >= 15 is 0 Å². The van der Waals surface area contributed by atoms with Gasteiger partial charge in [0.2, 0.25) is 0 Å². The molecule has 1 aromatic carbocycles. The highest BCUT2D eigenvalue weighted by molar-refractivity contribution is 9.10. The lowest BCUT2D eigenvalue weighted by atomic mass is 9.87. The first-order chi connectivity index (χ1) is 8.09. The Labute approximate surface area is 111 Å². The molecule has 0 amide bonds. The molecule has 2 nitrogen and oxygen atoms in total. The Kier molecular flexibility index (Phi) is 4.00. The second-order valence-electron chi connectivity index (χ2n) is 4.80. The summed E-state index contributed by atoms with van der Waals surface area (Å²) in [6.07, 6.45) is 1.92. The minimum absolute atomic E-state index is 0.199. The summed E-state index contributed by atoms with van der Waals surface area (Å²) < 4.78 is 1.03. The third-order valence-electron chi connectivity index (χ3n) is 3.48. The second-order valence-corrected chi connectivity index (χ2v) is 5.66. The van der Waals surface area contributed by atoms with Crippen LogP contribution < -0.4 is 5.32 Å². The van der Waals surface area contributed by atoms with Crippen LogP contribution in [0.5, 0.6) is 0 Å². The van der Waals surface area contributed by atoms with Crippen LogP contribution in [-0.2, 0) is 0 Å². The van der Waals surface area contributed by atoms with E-state index in [4.69, 9.17) is 0 Å². The number of aryl methyl sites for hydroxylation is 2. The number of halogens is 1. The van der Waals surface area contributed by atoms with E-state index in [0.29, 0.717) is 5.78 Å². The van der Waals surface area contributed by atoms with Gasteiger partial charge >= 0.3 is 0 Å². The minimum atomic E-state index is 0.199. The van der Waals surface area contributed by atoms with Crippen LogP contribution in [0.4, 0.5) is 0 Å². The maximum Gasteiger partial charge on any atom is 0.166 e. The molecule has 1 N–H and O–H groups in total. The second kappa shape index (κ2) is 5.32. The van der Waals surface area contributed by atoms with Crippen molar-refractivity contribution in [2.75, 3.05) is 13.1 Å². The van der Waals surface area contributed by atoms with Crippen molar-refractivity contribution >= 4 is 21.7 Å². The fourth-order valence-electron chi connectivity index (χ4n) is 2.40. The first kappa shape index (κ1) is 12.8. The third-order valence-corrected chi connectivity index (χ3v) is 4.34. The summed E-state index contributed by atoms with van der Waals surface area (Å²) in [4.78, 5) is 12.4. The summed E-state index contributed by atoms with van der Waals surface area (Å²) in [6, 6.07) is 4.06. The van der Waals surface area contributed by atoms with Gasteiger partial charge < -0.3 is 5.32 Å². The summed E-state index contributed by atoms with van der Waals surface area (Å²) >= 11 is 3.51. The molecule has 1 aliphatic rings. The molecule has 92 valence electrons. The van der Waals surface area contributed by atoms with Gasteiger partial charge in [0.05, 0.1) is 0 Å². The molecule has 0 aromatic heterocycles. The van der Waals surface area contributed by atoms with Gasteiger partial charge in [0, 0.05) is 16.0 Å². The monoisotopic (exact) mass is 295 g/mol. The smallest absolute Gasteiger partial charge is 0.166 e. The van der Waals surface area contributed by atoms with Crippen LogP contribution >= 0.6 is 15.9 Å². The van der Waals surface area contributed by atoms with Gasteiger partial charge in [-0.3, -0.25) is 4.79 Å². The Bertz CT molecular complexity index is 436. The van der Waals surface area contributed by atoms with Gasteiger partial charge in [-0.25, -0.2) is 0 Å². The van der Waals surface area contributed by atoms with Crippen LogP contribution in [0.1, 0.15) is 34.3 Å². The van der Waals surface area contributed by atoms with E-state index in [1.807, 2.05) is 13.0 Å². The summed E-state index contributed by atoms with van der Waals surface area (Å²) in [7, 11) is 0.